The van der Waals surface area contributed by atoms with Gasteiger partial charge in [-0.15, -0.1) is 11.6 Å². The minimum absolute atomic E-state index is 0.588. The van der Waals surface area contributed by atoms with Gasteiger partial charge in [0.15, 0.2) is 0 Å². The lowest BCUT2D eigenvalue weighted by molar-refractivity contribution is 1.09. The Bertz CT molecular complexity index is 230. The summed E-state index contributed by atoms with van der Waals surface area (Å²) in [7, 11) is 0. The average Bonchev–Trinajstić information content (AvgIpc) is 2.41. The second kappa shape index (κ2) is 3.97. The molecule has 0 amide bonds. The van der Waals surface area contributed by atoms with Crippen LogP contribution in [0, 0.1) is 11.8 Å². The first-order valence-corrected chi connectivity index (χ1v) is 3.50. The van der Waals surface area contributed by atoms with Crippen LogP contribution in [0.3, 0.4) is 0 Å². The van der Waals surface area contributed by atoms with E-state index in [0.717, 1.165) is 12.0 Å². The zero-order valence-electron chi connectivity index (χ0n) is 5.39. The maximum Gasteiger partial charge on any atom is 0.0644 e. The lowest BCUT2D eigenvalue weighted by Gasteiger charge is -1.75. The molecule has 10 heavy (non-hydrogen) atoms. The van der Waals surface area contributed by atoms with Gasteiger partial charge in [-0.1, -0.05) is 11.8 Å². The van der Waals surface area contributed by atoms with Gasteiger partial charge in [0.2, 0.25) is 0 Å². The number of halogens is 1. The first-order chi connectivity index (χ1) is 4.93. The second-order valence-electron chi connectivity index (χ2n) is 1.73. The molecule has 0 unspecified atom stereocenters. The standard InChI is InChI=1S/C7H7ClN2/c8-4-2-1-3-7-5-9-10-6-7/h5-6H,2,4H2,(H,9,10). The van der Waals surface area contributed by atoms with Gasteiger partial charge < -0.3 is 0 Å². The van der Waals surface area contributed by atoms with Crippen LogP contribution in [0.2, 0.25) is 0 Å². The van der Waals surface area contributed by atoms with Gasteiger partial charge in [-0.3, -0.25) is 5.10 Å². The maximum atomic E-state index is 5.42. The van der Waals surface area contributed by atoms with Crippen LogP contribution in [0.25, 0.3) is 0 Å². The number of H-pyrrole nitrogens is 1. The number of hydrogen-bond donors (Lipinski definition) is 1. The Morgan fingerprint density at radius 1 is 1.70 bits per heavy atom. The third kappa shape index (κ3) is 2.12. The zero-order valence-corrected chi connectivity index (χ0v) is 6.15. The lowest BCUT2D eigenvalue weighted by atomic mass is 10.3. The predicted molar refractivity (Wildman–Crippen MR) is 40.8 cm³/mol. The fourth-order valence-electron chi connectivity index (χ4n) is 0.531. The first-order valence-electron chi connectivity index (χ1n) is 2.97. The van der Waals surface area contributed by atoms with E-state index in [1.165, 1.54) is 0 Å². The molecule has 0 spiro atoms. The van der Waals surface area contributed by atoms with Crippen LogP contribution >= 0.6 is 11.6 Å². The van der Waals surface area contributed by atoms with E-state index in [2.05, 4.69) is 22.0 Å². The number of aromatic amines is 1. The summed E-state index contributed by atoms with van der Waals surface area (Å²) in [6, 6.07) is 0. The Morgan fingerprint density at radius 2 is 2.60 bits per heavy atom. The Balaban J connectivity index is 2.49. The summed E-state index contributed by atoms with van der Waals surface area (Å²) >= 11 is 5.42. The molecule has 0 radical (unpaired) electrons. The molecule has 0 saturated carbocycles. The normalized spacial score (nSPS) is 8.50. The second-order valence-corrected chi connectivity index (χ2v) is 2.11. The minimum atomic E-state index is 0.588. The third-order valence-electron chi connectivity index (χ3n) is 0.950. The molecule has 52 valence electrons. The highest BCUT2D eigenvalue weighted by atomic mass is 35.5. The molecule has 0 aliphatic rings. The Hall–Kier alpha value is -0.940. The molecule has 2 nitrogen and oxygen atoms in total. The molecular weight excluding hydrogens is 148 g/mol. The van der Waals surface area contributed by atoms with Gasteiger partial charge in [-0.25, -0.2) is 0 Å². The summed E-state index contributed by atoms with van der Waals surface area (Å²) in [4.78, 5) is 0. The molecule has 1 aromatic heterocycles. The number of alkyl halides is 1. The molecule has 0 aliphatic carbocycles. The average molecular weight is 155 g/mol. The van der Waals surface area contributed by atoms with Crippen molar-refractivity contribution in [2.24, 2.45) is 0 Å². The molecule has 3 heteroatoms. The fourth-order valence-corrected chi connectivity index (χ4v) is 0.626. The minimum Gasteiger partial charge on any atom is -0.284 e. The van der Waals surface area contributed by atoms with Crippen molar-refractivity contribution in [3.8, 4) is 11.8 Å². The Kier molecular flexibility index (Phi) is 2.85. The van der Waals surface area contributed by atoms with Gasteiger partial charge in [0, 0.05) is 18.5 Å². The summed E-state index contributed by atoms with van der Waals surface area (Å²) in [5, 5.41) is 6.41. The van der Waals surface area contributed by atoms with Gasteiger partial charge in [-0.05, 0) is 0 Å². The topological polar surface area (TPSA) is 28.7 Å². The highest BCUT2D eigenvalue weighted by Crippen LogP contribution is 1.89. The van der Waals surface area contributed by atoms with E-state index in [1.807, 2.05) is 0 Å². The zero-order chi connectivity index (χ0) is 7.23. The molecular formula is C7H7ClN2. The number of nitrogens with one attached hydrogen (secondary N) is 1. The molecule has 1 rings (SSSR count). The van der Waals surface area contributed by atoms with Crippen molar-refractivity contribution < 1.29 is 0 Å². The van der Waals surface area contributed by atoms with Crippen LogP contribution in [-0.4, -0.2) is 16.1 Å². The molecule has 0 aliphatic heterocycles. The molecule has 0 saturated heterocycles. The van der Waals surface area contributed by atoms with Gasteiger partial charge in [0.05, 0.1) is 11.8 Å². The van der Waals surface area contributed by atoms with Crippen LogP contribution in [-0.2, 0) is 0 Å². The monoisotopic (exact) mass is 154 g/mol. The molecule has 1 heterocycles. The van der Waals surface area contributed by atoms with E-state index in [1.54, 1.807) is 12.4 Å². The molecule has 0 aromatic carbocycles. The van der Waals surface area contributed by atoms with Gasteiger partial charge in [0.25, 0.3) is 0 Å². The first kappa shape index (κ1) is 7.17. The Labute approximate surface area is 64.6 Å². The number of aromatic nitrogens is 2. The number of hydrogen-bond acceptors (Lipinski definition) is 1. The van der Waals surface area contributed by atoms with Crippen molar-refractivity contribution in [2.75, 3.05) is 5.88 Å². The highest BCUT2D eigenvalue weighted by Gasteiger charge is 1.82. The Morgan fingerprint density at radius 3 is 3.20 bits per heavy atom. The third-order valence-corrected chi connectivity index (χ3v) is 1.14. The van der Waals surface area contributed by atoms with Crippen molar-refractivity contribution in [2.45, 2.75) is 6.42 Å². The van der Waals surface area contributed by atoms with E-state index in [0.29, 0.717) is 5.88 Å². The van der Waals surface area contributed by atoms with Crippen molar-refractivity contribution in [1.82, 2.24) is 10.2 Å². The molecule has 0 fully saturated rings. The molecule has 0 atom stereocenters. The summed E-state index contributed by atoms with van der Waals surface area (Å²) in [5.74, 6) is 6.38. The summed E-state index contributed by atoms with van der Waals surface area (Å²) in [5.41, 5.74) is 0.908. The van der Waals surface area contributed by atoms with E-state index < -0.39 is 0 Å². The lowest BCUT2D eigenvalue weighted by Crippen LogP contribution is -1.68. The van der Waals surface area contributed by atoms with Crippen LogP contribution in [0.4, 0.5) is 0 Å². The smallest absolute Gasteiger partial charge is 0.0644 e. The summed E-state index contributed by atoms with van der Waals surface area (Å²) < 4.78 is 0. The van der Waals surface area contributed by atoms with E-state index in [4.69, 9.17) is 11.6 Å². The van der Waals surface area contributed by atoms with Gasteiger partial charge in [0.1, 0.15) is 0 Å². The summed E-state index contributed by atoms with van der Waals surface area (Å²) in [6.45, 7) is 0. The van der Waals surface area contributed by atoms with Gasteiger partial charge in [-0.2, -0.15) is 5.10 Å². The molecule has 1 N–H and O–H groups in total. The SMILES string of the molecule is ClCCC#Cc1cn[nH]c1. The fraction of sp³-hybridized carbons (Fsp3) is 0.286. The number of nitrogens with zero attached hydrogens (tertiary/aromatic N) is 1. The van der Waals surface area contributed by atoms with Crippen molar-refractivity contribution in [3.63, 3.8) is 0 Å². The quantitative estimate of drug-likeness (QED) is 0.481. The van der Waals surface area contributed by atoms with Gasteiger partial charge >= 0.3 is 0 Å². The van der Waals surface area contributed by atoms with Crippen LogP contribution < -0.4 is 0 Å². The molecule has 1 aromatic rings. The highest BCUT2D eigenvalue weighted by molar-refractivity contribution is 6.18. The molecule has 0 bridgehead atoms. The van der Waals surface area contributed by atoms with Crippen LogP contribution in [0.5, 0.6) is 0 Å². The van der Waals surface area contributed by atoms with Crippen LogP contribution in [0.1, 0.15) is 12.0 Å². The van der Waals surface area contributed by atoms with Crippen molar-refractivity contribution >= 4 is 11.6 Å². The van der Waals surface area contributed by atoms with Crippen molar-refractivity contribution in [1.29, 1.82) is 0 Å². The predicted octanol–water partition coefficient (Wildman–Crippen LogP) is 1.39. The van der Waals surface area contributed by atoms with Crippen molar-refractivity contribution in [3.05, 3.63) is 18.0 Å². The number of rotatable bonds is 1. The largest absolute Gasteiger partial charge is 0.284 e. The summed E-state index contributed by atoms with van der Waals surface area (Å²) in [6.07, 6.45) is 4.16. The van der Waals surface area contributed by atoms with E-state index >= 15 is 0 Å². The maximum absolute atomic E-state index is 5.42. The van der Waals surface area contributed by atoms with Crippen LogP contribution in [0.15, 0.2) is 12.4 Å². The van der Waals surface area contributed by atoms with E-state index in [-0.39, 0.29) is 0 Å². The van der Waals surface area contributed by atoms with E-state index in [9.17, 15) is 0 Å².